The third-order valence-electron chi connectivity index (χ3n) is 11.0. The maximum atomic E-state index is 13.6. The summed E-state index contributed by atoms with van der Waals surface area (Å²) in [6.07, 6.45) is -6.60. The number of benzene rings is 4. The number of methoxy groups -OCH3 is 3. The Balaban J connectivity index is 1.29. The molecule has 0 aromatic heterocycles. The molecule has 2 heterocycles. The Labute approximate surface area is 416 Å². The molecular formula is C51H52O22. The average molecular weight is 1020 g/mol. The largest absolute Gasteiger partial charge is 0.508 e. The van der Waals surface area contributed by atoms with E-state index in [0.717, 1.165) is 24.3 Å². The summed E-state index contributed by atoms with van der Waals surface area (Å²) in [5.74, 6) is -7.14. The number of ether oxygens (including phenoxy) is 10. The van der Waals surface area contributed by atoms with Crippen LogP contribution in [0, 0.1) is 0 Å². The fourth-order valence-electron chi connectivity index (χ4n) is 7.18. The van der Waals surface area contributed by atoms with Crippen LogP contribution in [0.5, 0.6) is 40.2 Å². The van der Waals surface area contributed by atoms with Crippen LogP contribution in [0.2, 0.25) is 0 Å². The third-order valence-corrected chi connectivity index (χ3v) is 11.0. The SMILES string of the molecule is COc1cc(C=CC(=O)OCC2OC(OC3(COC(=O)C=Cc4ccc(O)c(OC)c4)OC(COC(=O)C=Cc4ccc(O)c(OC)c4)C(O)C3OC(=O)C=Cc3ccc(O)cc3)C(O)C(O)C2O)ccc1O. The van der Waals surface area contributed by atoms with Gasteiger partial charge in [0, 0.05) is 24.3 Å². The van der Waals surface area contributed by atoms with Crippen molar-refractivity contribution in [1.29, 1.82) is 0 Å². The zero-order chi connectivity index (χ0) is 52.8. The summed E-state index contributed by atoms with van der Waals surface area (Å²) in [5, 5.41) is 84.7. The van der Waals surface area contributed by atoms with E-state index in [0.29, 0.717) is 22.3 Å². The number of esters is 4. The molecule has 4 aromatic carbocycles. The molecule has 0 spiro atoms. The van der Waals surface area contributed by atoms with E-state index in [-0.39, 0.29) is 40.2 Å². The highest BCUT2D eigenvalue weighted by Crippen LogP contribution is 2.39. The zero-order valence-corrected chi connectivity index (χ0v) is 39.2. The van der Waals surface area contributed by atoms with Crippen molar-refractivity contribution in [2.45, 2.75) is 54.8 Å². The number of hydrogen-bond acceptors (Lipinski definition) is 22. The zero-order valence-electron chi connectivity index (χ0n) is 39.2. The molecule has 6 rings (SSSR count). The number of phenolic OH excluding ortho intramolecular Hbond substituents is 4. The van der Waals surface area contributed by atoms with Gasteiger partial charge in [-0.3, -0.25) is 0 Å². The lowest BCUT2D eigenvalue weighted by molar-refractivity contribution is -0.383. The Morgan fingerprint density at radius 2 is 0.945 bits per heavy atom. The Bertz CT molecular complexity index is 2700. The molecule has 73 heavy (non-hydrogen) atoms. The molecule has 2 fully saturated rings. The van der Waals surface area contributed by atoms with Gasteiger partial charge in [0.05, 0.1) is 21.3 Å². The first kappa shape index (κ1) is 54.4. The van der Waals surface area contributed by atoms with Crippen LogP contribution < -0.4 is 14.2 Å². The molecule has 2 saturated heterocycles. The van der Waals surface area contributed by atoms with Gasteiger partial charge in [0.2, 0.25) is 5.79 Å². The molecule has 2 aliphatic rings. The van der Waals surface area contributed by atoms with E-state index in [4.69, 9.17) is 47.4 Å². The summed E-state index contributed by atoms with van der Waals surface area (Å²) >= 11 is 0. The van der Waals surface area contributed by atoms with Crippen molar-refractivity contribution >= 4 is 48.2 Å². The minimum Gasteiger partial charge on any atom is -0.508 e. The van der Waals surface area contributed by atoms with Gasteiger partial charge >= 0.3 is 23.9 Å². The van der Waals surface area contributed by atoms with Gasteiger partial charge in [-0.15, -0.1) is 0 Å². The van der Waals surface area contributed by atoms with Crippen LogP contribution in [0.15, 0.2) is 103 Å². The molecular weight excluding hydrogens is 965 g/mol. The predicted octanol–water partition coefficient (Wildman–Crippen LogP) is 2.51. The number of carbonyl (C=O) groups excluding carboxylic acids is 4. The monoisotopic (exact) mass is 1020 g/mol. The lowest BCUT2D eigenvalue weighted by Crippen LogP contribution is -2.63. The van der Waals surface area contributed by atoms with Crippen molar-refractivity contribution in [1.82, 2.24) is 0 Å². The Hall–Kier alpha value is -7.96. The second-order valence-electron chi connectivity index (χ2n) is 16.0. The highest BCUT2D eigenvalue weighted by molar-refractivity contribution is 5.89. The first-order chi connectivity index (χ1) is 34.9. The van der Waals surface area contributed by atoms with Crippen LogP contribution in [0.1, 0.15) is 22.3 Å². The van der Waals surface area contributed by atoms with Gasteiger partial charge in [-0.2, -0.15) is 0 Å². The molecule has 0 radical (unpaired) electrons. The van der Waals surface area contributed by atoms with Crippen molar-refractivity contribution in [3.05, 3.63) is 125 Å². The van der Waals surface area contributed by atoms with Gasteiger partial charge in [-0.1, -0.05) is 30.3 Å². The first-order valence-electron chi connectivity index (χ1n) is 22.0. The predicted molar refractivity (Wildman–Crippen MR) is 252 cm³/mol. The van der Waals surface area contributed by atoms with E-state index in [1.54, 1.807) is 0 Å². The topological polar surface area (TPSA) is 322 Å². The molecule has 0 amide bonds. The van der Waals surface area contributed by atoms with E-state index >= 15 is 0 Å². The van der Waals surface area contributed by atoms with Crippen LogP contribution in [0.3, 0.4) is 0 Å². The maximum absolute atomic E-state index is 13.6. The first-order valence-corrected chi connectivity index (χ1v) is 22.0. The number of carbonyl (C=O) groups is 4. The molecule has 0 bridgehead atoms. The van der Waals surface area contributed by atoms with Gasteiger partial charge in [0.15, 0.2) is 46.9 Å². The second-order valence-corrected chi connectivity index (χ2v) is 16.0. The molecule has 4 aromatic rings. The molecule has 0 aliphatic carbocycles. The highest BCUT2D eigenvalue weighted by Gasteiger charge is 2.62. The third kappa shape index (κ3) is 14.4. The molecule has 9 atom stereocenters. The van der Waals surface area contributed by atoms with Crippen molar-refractivity contribution in [3.63, 3.8) is 0 Å². The fourth-order valence-corrected chi connectivity index (χ4v) is 7.18. The Morgan fingerprint density at radius 1 is 0.521 bits per heavy atom. The number of aromatic hydroxyl groups is 4. The van der Waals surface area contributed by atoms with Gasteiger partial charge < -0.3 is 88.2 Å². The van der Waals surface area contributed by atoms with E-state index in [9.17, 15) is 60.0 Å². The minimum atomic E-state index is -2.73. The molecule has 22 nitrogen and oxygen atoms in total. The van der Waals surface area contributed by atoms with E-state index < -0.39 is 98.5 Å². The van der Waals surface area contributed by atoms with Crippen LogP contribution in [-0.2, 0) is 52.3 Å². The molecule has 9 unspecified atom stereocenters. The number of aliphatic hydroxyl groups is 4. The second kappa shape index (κ2) is 24.9. The maximum Gasteiger partial charge on any atom is 0.331 e. The summed E-state index contributed by atoms with van der Waals surface area (Å²) in [6, 6.07) is 18.3. The minimum absolute atomic E-state index is 0.0585. The average Bonchev–Trinajstić information content (AvgIpc) is 3.64. The molecule has 0 saturated carbocycles. The van der Waals surface area contributed by atoms with Crippen molar-refractivity contribution in [2.75, 3.05) is 41.2 Å². The number of hydrogen-bond donors (Lipinski definition) is 8. The van der Waals surface area contributed by atoms with Crippen LogP contribution in [0.4, 0.5) is 0 Å². The van der Waals surface area contributed by atoms with Crippen LogP contribution in [0.25, 0.3) is 24.3 Å². The summed E-state index contributed by atoms with van der Waals surface area (Å²) < 4.78 is 55.3. The molecule has 8 N–H and O–H groups in total. The number of aliphatic hydroxyl groups excluding tert-OH is 4. The molecule has 22 heteroatoms. The van der Waals surface area contributed by atoms with E-state index in [1.165, 1.54) is 124 Å². The number of phenols is 4. The van der Waals surface area contributed by atoms with Crippen molar-refractivity contribution in [3.8, 4) is 40.2 Å². The van der Waals surface area contributed by atoms with Gasteiger partial charge in [0.1, 0.15) is 62.2 Å². The van der Waals surface area contributed by atoms with Gasteiger partial charge in [0.25, 0.3) is 0 Å². The lowest BCUT2D eigenvalue weighted by Gasteiger charge is -2.43. The summed E-state index contributed by atoms with van der Waals surface area (Å²) in [6.45, 7) is -2.66. The smallest absolute Gasteiger partial charge is 0.331 e. The standard InChI is InChI=1S/C51H52O22/c1-64-36-22-29(6-15-33(36)53)10-18-41(56)67-25-39-45(60)47(62)48(63)50(70-39)73-51(27-69-43(58)20-12-31-8-17-35(55)38(24-31)66-3)49(71-44(59)21-9-28-4-13-32(52)14-5-28)46(61)40(72-51)26-68-42(57)19-11-30-7-16-34(54)37(23-30)65-2/h4-24,39-40,45-50,52-55,60-63H,25-27H2,1-3H3. The van der Waals surface area contributed by atoms with Crippen LogP contribution in [-0.4, -0.2) is 161 Å². The van der Waals surface area contributed by atoms with Crippen molar-refractivity contribution < 1.29 is 107 Å². The van der Waals surface area contributed by atoms with E-state index in [1.807, 2.05) is 0 Å². The highest BCUT2D eigenvalue weighted by atomic mass is 16.8. The van der Waals surface area contributed by atoms with Crippen LogP contribution >= 0.6 is 0 Å². The van der Waals surface area contributed by atoms with E-state index in [2.05, 4.69) is 0 Å². The summed E-state index contributed by atoms with van der Waals surface area (Å²) in [7, 11) is 3.98. The molecule has 2 aliphatic heterocycles. The Kier molecular flexibility index (Phi) is 18.6. The Morgan fingerprint density at radius 3 is 1.42 bits per heavy atom. The van der Waals surface area contributed by atoms with Gasteiger partial charge in [-0.25, -0.2) is 19.2 Å². The normalized spacial score (nSPS) is 23.9. The summed E-state index contributed by atoms with van der Waals surface area (Å²) in [5.41, 5.74) is 1.64. The molecule has 388 valence electrons. The summed E-state index contributed by atoms with van der Waals surface area (Å²) in [4.78, 5) is 52.8. The lowest BCUT2D eigenvalue weighted by atomic mass is 9.98. The van der Waals surface area contributed by atoms with Crippen molar-refractivity contribution in [2.24, 2.45) is 0 Å². The van der Waals surface area contributed by atoms with Gasteiger partial charge in [-0.05, 0) is 95.1 Å². The number of rotatable bonds is 20. The fraction of sp³-hybridized carbons (Fsp3) is 0.294. The quantitative estimate of drug-likeness (QED) is 0.0358.